The van der Waals surface area contributed by atoms with Crippen LogP contribution in [-0.2, 0) is 52.0 Å². The SMILES string of the molecule is C[SiH]1O[SiH](C)O[Si](C)(CCCOC(=O)C2CCC(C(=O)OCCC[Si]3(C)O[SiH](C)O[SiH](C)O[SiH](C)O3)CC2)O[SiH](C)O1. The van der Waals surface area contributed by atoms with Crippen LogP contribution in [0.3, 0.4) is 0 Å². The molecule has 0 aromatic carbocycles. The van der Waals surface area contributed by atoms with Gasteiger partial charge in [-0.25, -0.2) is 0 Å². The minimum absolute atomic E-state index is 0.170. The third-order valence-corrected chi connectivity index (χ3v) is 35.7. The molecule has 3 aliphatic rings. The van der Waals surface area contributed by atoms with Crippen LogP contribution in [0.5, 0.6) is 0 Å². The fourth-order valence-corrected chi connectivity index (χ4v) is 35.2. The monoisotopic (exact) mass is 732 g/mol. The second kappa shape index (κ2) is 17.3. The first kappa shape index (κ1) is 36.8. The number of ether oxygens (including phenoxy) is 2. The quantitative estimate of drug-likeness (QED) is 0.186. The van der Waals surface area contributed by atoms with E-state index < -0.39 is 72.8 Å². The summed E-state index contributed by atoms with van der Waals surface area (Å²) in [6.45, 7) is 16.9. The molecule has 0 spiro atoms. The van der Waals surface area contributed by atoms with Crippen LogP contribution in [0.15, 0.2) is 0 Å². The van der Waals surface area contributed by atoms with Crippen molar-refractivity contribution < 1.29 is 52.0 Å². The van der Waals surface area contributed by atoms with Gasteiger partial charge in [0.2, 0.25) is 0 Å². The Morgan fingerprint density at radius 3 is 1.14 bits per heavy atom. The molecule has 2 saturated heterocycles. The van der Waals surface area contributed by atoms with Crippen LogP contribution in [0.2, 0.25) is 64.5 Å². The molecule has 0 N–H and O–H groups in total. The van der Waals surface area contributed by atoms with Crippen molar-refractivity contribution >= 4 is 84.8 Å². The zero-order valence-electron chi connectivity index (χ0n) is 26.6. The first-order valence-corrected chi connectivity index (χ1v) is 33.1. The smallest absolute Gasteiger partial charge is 0.317 e. The maximum atomic E-state index is 12.7. The first-order valence-electron chi connectivity index (χ1n) is 15.4. The maximum Gasteiger partial charge on any atom is 0.317 e. The van der Waals surface area contributed by atoms with Gasteiger partial charge in [-0.15, -0.1) is 0 Å². The van der Waals surface area contributed by atoms with Gasteiger partial charge in [-0.3, -0.25) is 9.59 Å². The fraction of sp³-hybridized carbons (Fsp3) is 0.909. The Hall–Kier alpha value is 0.355. The summed E-state index contributed by atoms with van der Waals surface area (Å²) >= 11 is 0. The summed E-state index contributed by atoms with van der Waals surface area (Å²) in [6, 6.07) is 1.47. The molecule has 244 valence electrons. The van der Waals surface area contributed by atoms with Gasteiger partial charge < -0.3 is 42.4 Å². The molecular formula is C22H52O12Si8. The summed E-state index contributed by atoms with van der Waals surface area (Å²) in [5.41, 5.74) is 0. The molecule has 3 fully saturated rings. The summed E-state index contributed by atoms with van der Waals surface area (Å²) in [5.74, 6) is -0.696. The van der Waals surface area contributed by atoms with E-state index in [2.05, 4.69) is 13.1 Å². The van der Waals surface area contributed by atoms with Crippen LogP contribution in [0.25, 0.3) is 0 Å². The predicted octanol–water partition coefficient (Wildman–Crippen LogP) is 2.07. The molecule has 1 aliphatic carbocycles. The van der Waals surface area contributed by atoms with Crippen molar-refractivity contribution in [2.45, 2.75) is 103 Å². The van der Waals surface area contributed by atoms with Gasteiger partial charge in [0.25, 0.3) is 55.7 Å². The van der Waals surface area contributed by atoms with Crippen LogP contribution in [0.4, 0.5) is 0 Å². The van der Waals surface area contributed by atoms with Crippen molar-refractivity contribution in [2.24, 2.45) is 11.8 Å². The topological polar surface area (TPSA) is 126 Å². The maximum absolute atomic E-state index is 12.7. The van der Waals surface area contributed by atoms with Gasteiger partial charge in [0.1, 0.15) is 0 Å². The molecule has 2 heterocycles. The Bertz CT molecular complexity index is 773. The number of esters is 2. The number of hydrogen-bond acceptors (Lipinski definition) is 12. The Morgan fingerprint density at radius 1 is 0.571 bits per heavy atom. The molecular weight excluding hydrogens is 681 g/mol. The average molecular weight is 733 g/mol. The van der Waals surface area contributed by atoms with Crippen molar-refractivity contribution in [1.82, 2.24) is 0 Å². The van der Waals surface area contributed by atoms with E-state index in [0.717, 1.165) is 12.1 Å². The Labute approximate surface area is 263 Å². The summed E-state index contributed by atoms with van der Waals surface area (Å²) in [7, 11) is -15.3. The highest BCUT2D eigenvalue weighted by molar-refractivity contribution is 6.81. The zero-order chi connectivity index (χ0) is 30.9. The highest BCUT2D eigenvalue weighted by Crippen LogP contribution is 2.31. The number of carbonyl (C=O) groups is 2. The molecule has 0 aromatic heterocycles. The van der Waals surface area contributed by atoms with Crippen LogP contribution in [0.1, 0.15) is 38.5 Å². The van der Waals surface area contributed by atoms with Crippen molar-refractivity contribution in [3.63, 3.8) is 0 Å². The Kier molecular flexibility index (Phi) is 15.2. The predicted molar refractivity (Wildman–Crippen MR) is 176 cm³/mol. The second-order valence-electron chi connectivity index (χ2n) is 11.8. The summed E-state index contributed by atoms with van der Waals surface area (Å²) in [5, 5.41) is 0. The molecule has 0 bridgehead atoms. The van der Waals surface area contributed by atoms with Crippen LogP contribution in [0, 0.1) is 11.8 Å². The molecule has 1 saturated carbocycles. The van der Waals surface area contributed by atoms with E-state index in [1.54, 1.807) is 0 Å². The van der Waals surface area contributed by atoms with E-state index in [-0.39, 0.29) is 23.8 Å². The first-order chi connectivity index (χ1) is 19.8. The minimum Gasteiger partial charge on any atom is -0.465 e. The number of carbonyl (C=O) groups excluding carboxylic acids is 2. The largest absolute Gasteiger partial charge is 0.465 e. The van der Waals surface area contributed by atoms with E-state index in [9.17, 15) is 9.59 Å². The average Bonchev–Trinajstić information content (AvgIpc) is 2.86. The molecule has 0 aromatic rings. The lowest BCUT2D eigenvalue weighted by molar-refractivity contribution is -0.155. The number of hydrogen-bond donors (Lipinski definition) is 0. The van der Waals surface area contributed by atoms with Gasteiger partial charge in [0.05, 0.1) is 25.0 Å². The van der Waals surface area contributed by atoms with Gasteiger partial charge in [-0.2, -0.15) is 0 Å². The van der Waals surface area contributed by atoms with Crippen LogP contribution >= 0.6 is 0 Å². The van der Waals surface area contributed by atoms with Gasteiger partial charge in [-0.05, 0) is 103 Å². The lowest BCUT2D eigenvalue weighted by atomic mass is 9.82. The molecule has 3 rings (SSSR count). The molecule has 20 heteroatoms. The summed E-state index contributed by atoms with van der Waals surface area (Å²) in [4.78, 5) is 25.4. The molecule has 12 nitrogen and oxygen atoms in total. The van der Waals surface area contributed by atoms with E-state index in [1.807, 2.05) is 39.3 Å². The van der Waals surface area contributed by atoms with E-state index >= 15 is 0 Å². The van der Waals surface area contributed by atoms with E-state index in [0.29, 0.717) is 51.7 Å². The lowest BCUT2D eigenvalue weighted by Crippen LogP contribution is -2.53. The van der Waals surface area contributed by atoms with Crippen molar-refractivity contribution in [2.75, 3.05) is 13.2 Å². The highest BCUT2D eigenvalue weighted by atomic mass is 28.5. The van der Waals surface area contributed by atoms with Gasteiger partial charge >= 0.3 is 29.1 Å². The summed E-state index contributed by atoms with van der Waals surface area (Å²) < 4.78 is 60.3. The standard InChI is InChI=1S/C22H52O12Si8/c1-35-27-37(3)31-41(7,32-38(4)28-35)17-9-15-25-21(23)19-11-13-20(14-12-19)22(24)26-16-10-18-42(8)33-39(5)29-36(2)30-40(6)34-42/h19-20,35-40H,9-18H2,1-8H3. The van der Waals surface area contributed by atoms with Crippen molar-refractivity contribution in [3.05, 3.63) is 0 Å². The molecule has 4 unspecified atom stereocenters. The Morgan fingerprint density at radius 2 is 0.857 bits per heavy atom. The fourth-order valence-electron chi connectivity index (χ4n) is 5.88. The van der Waals surface area contributed by atoms with Crippen molar-refractivity contribution in [1.29, 1.82) is 0 Å². The molecule has 0 radical (unpaired) electrons. The van der Waals surface area contributed by atoms with E-state index in [4.69, 9.17) is 42.4 Å². The second-order valence-corrected chi connectivity index (χ2v) is 32.3. The highest BCUT2D eigenvalue weighted by Gasteiger charge is 2.40. The zero-order valence-corrected chi connectivity index (χ0v) is 35.5. The summed E-state index contributed by atoms with van der Waals surface area (Å²) in [6.07, 6.45) is 3.93. The van der Waals surface area contributed by atoms with Gasteiger partial charge in [0, 0.05) is 0 Å². The third kappa shape index (κ3) is 12.6. The molecule has 4 atom stereocenters. The lowest BCUT2D eigenvalue weighted by Gasteiger charge is -2.37. The van der Waals surface area contributed by atoms with E-state index in [1.165, 1.54) is 0 Å². The molecule has 0 amide bonds. The van der Waals surface area contributed by atoms with Crippen LogP contribution < -0.4 is 0 Å². The number of rotatable bonds is 10. The van der Waals surface area contributed by atoms with Crippen LogP contribution in [-0.4, -0.2) is 98.0 Å². The molecule has 42 heavy (non-hydrogen) atoms. The van der Waals surface area contributed by atoms with Gasteiger partial charge in [-0.1, -0.05) is 0 Å². The van der Waals surface area contributed by atoms with Crippen molar-refractivity contribution in [3.8, 4) is 0 Å². The molecule has 2 aliphatic heterocycles. The Balaban J connectivity index is 1.31. The normalized spacial score (nSPS) is 40.2. The third-order valence-electron chi connectivity index (χ3n) is 7.63. The van der Waals surface area contributed by atoms with Gasteiger partial charge in [0.15, 0.2) is 0 Å². The minimum atomic E-state index is -2.41.